The molecule has 2 unspecified atom stereocenters. The molecule has 7 nitrogen and oxygen atoms in total. The molecule has 168 valence electrons. The summed E-state index contributed by atoms with van der Waals surface area (Å²) in [6.07, 6.45) is 6.45. The van der Waals surface area contributed by atoms with Gasteiger partial charge in [-0.3, -0.25) is 4.79 Å². The van der Waals surface area contributed by atoms with Crippen LogP contribution in [0.3, 0.4) is 0 Å². The number of fused-ring (bicyclic) bond motifs is 5. The first-order chi connectivity index (χ1) is 16.0. The molecule has 2 atom stereocenters. The summed E-state index contributed by atoms with van der Waals surface area (Å²) in [5.74, 6) is -1.54. The van der Waals surface area contributed by atoms with Gasteiger partial charge in [-0.2, -0.15) is 0 Å². The molecule has 3 fully saturated rings. The maximum absolute atomic E-state index is 14.9. The lowest BCUT2D eigenvalue weighted by atomic mass is 9.61. The lowest BCUT2D eigenvalue weighted by Crippen LogP contribution is -2.51. The summed E-state index contributed by atoms with van der Waals surface area (Å²) in [4.78, 5) is 28.3. The van der Waals surface area contributed by atoms with Gasteiger partial charge in [0.15, 0.2) is 5.82 Å². The lowest BCUT2D eigenvalue weighted by molar-refractivity contribution is -0.148. The molecule has 7 rings (SSSR count). The maximum Gasteiger partial charge on any atom is 0.308 e. The van der Waals surface area contributed by atoms with Crippen LogP contribution in [0.5, 0.6) is 0 Å². The number of nitrogens with one attached hydrogen (secondary N) is 2. The molecular formula is C24H21F2N5O2. The molecule has 3 saturated carbocycles. The largest absolute Gasteiger partial charge is 0.481 e. The van der Waals surface area contributed by atoms with Crippen molar-refractivity contribution in [3.8, 4) is 11.4 Å². The smallest absolute Gasteiger partial charge is 0.308 e. The minimum Gasteiger partial charge on any atom is -0.481 e. The van der Waals surface area contributed by atoms with Gasteiger partial charge in [-0.05, 0) is 55.7 Å². The van der Waals surface area contributed by atoms with Crippen LogP contribution in [0.15, 0.2) is 36.7 Å². The van der Waals surface area contributed by atoms with E-state index in [0.29, 0.717) is 22.1 Å². The minimum absolute atomic E-state index is 0.102. The average Bonchev–Trinajstić information content (AvgIpc) is 3.22. The zero-order valence-electron chi connectivity index (χ0n) is 17.6. The Kier molecular flexibility index (Phi) is 4.53. The van der Waals surface area contributed by atoms with Crippen LogP contribution < -0.4 is 5.32 Å². The molecule has 2 bridgehead atoms. The minimum atomic E-state index is -0.834. The number of hydrogen-bond acceptors (Lipinski definition) is 5. The molecule has 3 aliphatic rings. The third-order valence-electron chi connectivity index (χ3n) is 7.22. The van der Waals surface area contributed by atoms with Crippen molar-refractivity contribution >= 4 is 33.7 Å². The fraction of sp³-hybridized carbons (Fsp3) is 0.333. The molecule has 3 aromatic heterocycles. The van der Waals surface area contributed by atoms with E-state index in [1.165, 1.54) is 12.1 Å². The molecule has 0 saturated heterocycles. The highest BCUT2D eigenvalue weighted by Gasteiger charge is 2.47. The summed E-state index contributed by atoms with van der Waals surface area (Å²) in [7, 11) is 0. The molecule has 1 aromatic carbocycles. The monoisotopic (exact) mass is 449 g/mol. The fourth-order valence-electron chi connectivity index (χ4n) is 5.70. The predicted molar refractivity (Wildman–Crippen MR) is 119 cm³/mol. The Bertz CT molecular complexity index is 1400. The maximum atomic E-state index is 14.9. The van der Waals surface area contributed by atoms with Gasteiger partial charge >= 0.3 is 5.97 Å². The molecule has 3 heterocycles. The Morgan fingerprint density at radius 3 is 2.70 bits per heavy atom. The van der Waals surface area contributed by atoms with E-state index in [2.05, 4.69) is 25.3 Å². The second kappa shape index (κ2) is 7.47. The second-order valence-corrected chi connectivity index (χ2v) is 8.99. The van der Waals surface area contributed by atoms with E-state index in [1.807, 2.05) is 0 Å². The number of rotatable bonds is 4. The molecule has 9 heteroatoms. The van der Waals surface area contributed by atoms with Gasteiger partial charge in [0.1, 0.15) is 23.1 Å². The Hall–Kier alpha value is -3.62. The van der Waals surface area contributed by atoms with Crippen molar-refractivity contribution < 1.29 is 18.7 Å². The molecule has 4 aromatic rings. The van der Waals surface area contributed by atoms with E-state index < -0.39 is 23.5 Å². The number of nitrogens with zero attached hydrogens (tertiary/aromatic N) is 3. The number of aliphatic carboxylic acids is 1. The van der Waals surface area contributed by atoms with Crippen LogP contribution in [-0.4, -0.2) is 37.1 Å². The molecule has 0 radical (unpaired) electrons. The molecule has 33 heavy (non-hydrogen) atoms. The van der Waals surface area contributed by atoms with Crippen LogP contribution in [0.1, 0.15) is 25.7 Å². The van der Waals surface area contributed by atoms with Gasteiger partial charge in [0.05, 0.1) is 23.0 Å². The van der Waals surface area contributed by atoms with Crippen LogP contribution in [0.25, 0.3) is 33.3 Å². The van der Waals surface area contributed by atoms with Crippen LogP contribution in [-0.2, 0) is 4.79 Å². The summed E-state index contributed by atoms with van der Waals surface area (Å²) in [6.45, 7) is 0. The number of aromatic nitrogens is 4. The number of H-pyrrole nitrogens is 1. The molecule has 0 amide bonds. The number of carbonyl (C=O) groups is 1. The highest BCUT2D eigenvalue weighted by molar-refractivity contribution is 5.96. The van der Waals surface area contributed by atoms with Crippen LogP contribution in [0.2, 0.25) is 0 Å². The zero-order chi connectivity index (χ0) is 22.7. The normalized spacial score (nSPS) is 24.4. The summed E-state index contributed by atoms with van der Waals surface area (Å²) in [5, 5.41) is 14.0. The van der Waals surface area contributed by atoms with Gasteiger partial charge in [0.25, 0.3) is 0 Å². The van der Waals surface area contributed by atoms with E-state index in [4.69, 9.17) is 0 Å². The third kappa shape index (κ3) is 3.21. The molecule has 3 aliphatic carbocycles. The number of carboxylic acids is 1. The van der Waals surface area contributed by atoms with Crippen molar-refractivity contribution in [2.24, 2.45) is 17.8 Å². The predicted octanol–water partition coefficient (Wildman–Crippen LogP) is 4.75. The van der Waals surface area contributed by atoms with Crippen molar-refractivity contribution in [3.05, 3.63) is 48.3 Å². The number of benzene rings is 1. The molecule has 0 spiro atoms. The first kappa shape index (κ1) is 20.0. The first-order valence-corrected chi connectivity index (χ1v) is 11.1. The SMILES string of the molecule is O=C(O)C1C2CCC(CC2)C1Nc1nc(-c2c[nH]c3ncc(F)cc23)nc2cccc(F)c12. The number of pyridine rings is 1. The average molecular weight is 449 g/mol. The van der Waals surface area contributed by atoms with Crippen molar-refractivity contribution in [2.45, 2.75) is 31.7 Å². The summed E-state index contributed by atoms with van der Waals surface area (Å²) in [5.41, 5.74) is 1.40. The standard InChI is InChI=1S/C24H21F2N5O2/c25-13-8-14-15(10-28-21(14)27-9-13)22-29-17-3-1-2-16(26)19(17)23(31-22)30-20-12-6-4-11(5-7-12)18(20)24(32)33/h1-3,8-12,18,20H,4-7H2,(H,27,28)(H,32,33)(H,29,30,31). The lowest BCUT2D eigenvalue weighted by Gasteiger charge is -2.47. The van der Waals surface area contributed by atoms with Crippen molar-refractivity contribution in [3.63, 3.8) is 0 Å². The van der Waals surface area contributed by atoms with E-state index in [1.54, 1.807) is 18.3 Å². The summed E-state index contributed by atoms with van der Waals surface area (Å²) >= 11 is 0. The topological polar surface area (TPSA) is 104 Å². The Morgan fingerprint density at radius 1 is 1.12 bits per heavy atom. The fourth-order valence-corrected chi connectivity index (χ4v) is 5.70. The van der Waals surface area contributed by atoms with Gasteiger partial charge in [0, 0.05) is 23.2 Å². The van der Waals surface area contributed by atoms with Crippen molar-refractivity contribution in [1.82, 2.24) is 19.9 Å². The molecular weight excluding hydrogens is 428 g/mol. The van der Waals surface area contributed by atoms with E-state index in [9.17, 15) is 18.7 Å². The van der Waals surface area contributed by atoms with E-state index in [-0.39, 0.29) is 34.9 Å². The van der Waals surface area contributed by atoms with Crippen LogP contribution in [0, 0.1) is 29.4 Å². The Labute approximate surface area is 187 Å². The Balaban J connectivity index is 1.51. The first-order valence-electron chi connectivity index (χ1n) is 11.1. The highest BCUT2D eigenvalue weighted by Crippen LogP contribution is 2.47. The number of aromatic amines is 1. The van der Waals surface area contributed by atoms with E-state index >= 15 is 0 Å². The number of halogens is 2. The number of anilines is 1. The van der Waals surface area contributed by atoms with Gasteiger partial charge in [-0.15, -0.1) is 0 Å². The molecule has 3 N–H and O–H groups in total. The van der Waals surface area contributed by atoms with Crippen molar-refractivity contribution in [1.29, 1.82) is 0 Å². The number of hydrogen-bond donors (Lipinski definition) is 3. The summed E-state index contributed by atoms with van der Waals surface area (Å²) < 4.78 is 28.8. The summed E-state index contributed by atoms with van der Waals surface area (Å²) in [6, 6.07) is 5.59. The Morgan fingerprint density at radius 2 is 1.91 bits per heavy atom. The van der Waals surface area contributed by atoms with Gasteiger partial charge < -0.3 is 15.4 Å². The zero-order valence-corrected chi connectivity index (χ0v) is 17.6. The van der Waals surface area contributed by atoms with Gasteiger partial charge in [-0.25, -0.2) is 23.7 Å². The van der Waals surface area contributed by atoms with Crippen LogP contribution in [0.4, 0.5) is 14.6 Å². The quantitative estimate of drug-likeness (QED) is 0.415. The highest BCUT2D eigenvalue weighted by atomic mass is 19.1. The van der Waals surface area contributed by atoms with Crippen molar-refractivity contribution in [2.75, 3.05) is 5.32 Å². The van der Waals surface area contributed by atoms with Gasteiger partial charge in [0.2, 0.25) is 0 Å². The van der Waals surface area contributed by atoms with E-state index in [0.717, 1.165) is 31.9 Å². The second-order valence-electron chi connectivity index (χ2n) is 8.99. The van der Waals surface area contributed by atoms with Gasteiger partial charge in [-0.1, -0.05) is 6.07 Å². The third-order valence-corrected chi connectivity index (χ3v) is 7.22. The molecule has 0 aliphatic heterocycles. The number of carboxylic acid groups (broad SMARTS) is 1. The van der Waals surface area contributed by atoms with Crippen LogP contribution >= 0.6 is 0 Å².